The Kier molecular flexibility index (Phi) is 7.22. The van der Waals surface area contributed by atoms with Crippen LogP contribution in [0.5, 0.6) is 0 Å². The quantitative estimate of drug-likeness (QED) is 0.599. The summed E-state index contributed by atoms with van der Waals surface area (Å²) in [6.45, 7) is 3.46. The lowest BCUT2D eigenvalue weighted by Gasteiger charge is -2.11. The number of aryl methyl sites for hydroxylation is 1. The number of esters is 2. The number of sulfonamides is 1. The van der Waals surface area contributed by atoms with Crippen LogP contribution in [0.4, 0.5) is 5.69 Å². The summed E-state index contributed by atoms with van der Waals surface area (Å²) in [5.41, 5.74) is 0.0812. The number of benzene rings is 1. The number of hydrogen-bond donors (Lipinski definition) is 2. The van der Waals surface area contributed by atoms with E-state index < -0.39 is 27.9 Å². The smallest absolute Gasteiger partial charge is 0.338 e. The van der Waals surface area contributed by atoms with Gasteiger partial charge in [-0.25, -0.2) is 18.0 Å². The molecule has 0 saturated heterocycles. The van der Waals surface area contributed by atoms with Crippen LogP contribution < -0.4 is 10.0 Å². The minimum Gasteiger partial charge on any atom is -0.462 e. The molecule has 0 fully saturated rings. The number of anilines is 1. The van der Waals surface area contributed by atoms with Gasteiger partial charge in [0.05, 0.1) is 30.0 Å². The van der Waals surface area contributed by atoms with E-state index in [9.17, 15) is 22.8 Å². The molecule has 1 aromatic carbocycles. The predicted octanol–water partition coefficient (Wildman–Crippen LogP) is 1.54. The van der Waals surface area contributed by atoms with Crippen molar-refractivity contribution in [3.63, 3.8) is 0 Å². The van der Waals surface area contributed by atoms with Crippen molar-refractivity contribution < 1.29 is 32.3 Å². The van der Waals surface area contributed by atoms with Crippen LogP contribution in [-0.2, 0) is 26.5 Å². The minimum absolute atomic E-state index is 0.0146. The summed E-state index contributed by atoms with van der Waals surface area (Å²) in [5, 5.41) is 2.42. The highest BCUT2D eigenvalue weighted by Crippen LogP contribution is 2.22. The number of aromatic nitrogens is 1. The molecule has 2 aromatic rings. The second-order valence-electron chi connectivity index (χ2n) is 6.10. The Bertz CT molecular complexity index is 1040. The number of hydrogen-bond acceptors (Lipinski definition) is 7. The zero-order valence-electron chi connectivity index (χ0n) is 17.0. The topological polar surface area (TPSA) is 133 Å². The van der Waals surface area contributed by atoms with Gasteiger partial charge < -0.3 is 19.4 Å². The number of rotatable bonds is 8. The molecule has 162 valence electrons. The van der Waals surface area contributed by atoms with Crippen molar-refractivity contribution in [3.8, 4) is 0 Å². The van der Waals surface area contributed by atoms with E-state index in [1.54, 1.807) is 13.8 Å². The average molecular weight is 437 g/mol. The molecule has 1 amide bonds. The highest BCUT2D eigenvalue weighted by atomic mass is 32.2. The first-order valence-electron chi connectivity index (χ1n) is 9.03. The molecule has 0 atom stereocenters. The molecule has 10 nitrogen and oxygen atoms in total. The lowest BCUT2D eigenvalue weighted by molar-refractivity contribution is 0.0525. The van der Waals surface area contributed by atoms with Gasteiger partial charge in [-0.05, 0) is 38.1 Å². The third kappa shape index (κ3) is 5.17. The average Bonchev–Trinajstić information content (AvgIpc) is 3.10. The summed E-state index contributed by atoms with van der Waals surface area (Å²) in [5.74, 6) is -1.88. The van der Waals surface area contributed by atoms with Crippen molar-refractivity contribution in [1.29, 1.82) is 0 Å². The van der Waals surface area contributed by atoms with Gasteiger partial charge in [-0.2, -0.15) is 0 Å². The summed E-state index contributed by atoms with van der Waals surface area (Å²) < 4.78 is 39.2. The standard InChI is InChI=1S/C19H23N3O7S/c1-5-28-18(24)12-7-13(19(25)29-6-2)9-14(8-12)21-30(26,27)15-10-16(17(23)20-3)22(4)11-15/h7-11,21H,5-6H2,1-4H3,(H,20,23). The molecule has 0 aliphatic carbocycles. The normalized spacial score (nSPS) is 10.9. The molecular weight excluding hydrogens is 414 g/mol. The van der Waals surface area contributed by atoms with Gasteiger partial charge in [0, 0.05) is 20.3 Å². The first-order chi connectivity index (χ1) is 14.1. The van der Waals surface area contributed by atoms with Crippen LogP contribution in [0, 0.1) is 0 Å². The summed E-state index contributed by atoms with van der Waals surface area (Å²) >= 11 is 0. The van der Waals surface area contributed by atoms with Crippen molar-refractivity contribution in [3.05, 3.63) is 47.3 Å². The summed E-state index contributed by atoms with van der Waals surface area (Å²) in [7, 11) is -1.16. The first kappa shape index (κ1) is 22.9. The van der Waals surface area contributed by atoms with Gasteiger partial charge in [-0.1, -0.05) is 0 Å². The fraction of sp³-hybridized carbons (Fsp3) is 0.316. The van der Waals surface area contributed by atoms with E-state index in [-0.39, 0.29) is 40.6 Å². The third-order valence-electron chi connectivity index (χ3n) is 3.96. The van der Waals surface area contributed by atoms with Crippen LogP contribution in [0.3, 0.4) is 0 Å². The van der Waals surface area contributed by atoms with Crippen molar-refractivity contribution >= 4 is 33.6 Å². The van der Waals surface area contributed by atoms with Gasteiger partial charge in [0.1, 0.15) is 10.6 Å². The fourth-order valence-corrected chi connectivity index (χ4v) is 3.71. The van der Waals surface area contributed by atoms with E-state index in [4.69, 9.17) is 9.47 Å². The molecule has 30 heavy (non-hydrogen) atoms. The lowest BCUT2D eigenvalue weighted by Crippen LogP contribution is -2.20. The molecule has 0 spiro atoms. The molecule has 0 bridgehead atoms. The lowest BCUT2D eigenvalue weighted by atomic mass is 10.1. The largest absolute Gasteiger partial charge is 0.462 e. The van der Waals surface area contributed by atoms with E-state index in [1.165, 1.54) is 49.1 Å². The SMILES string of the molecule is CCOC(=O)c1cc(NS(=O)(=O)c2cc(C(=O)NC)n(C)c2)cc(C(=O)OCC)c1. The number of amides is 1. The van der Waals surface area contributed by atoms with Crippen LogP contribution >= 0.6 is 0 Å². The molecule has 2 N–H and O–H groups in total. The maximum atomic E-state index is 12.8. The van der Waals surface area contributed by atoms with Gasteiger partial charge in [0.25, 0.3) is 15.9 Å². The van der Waals surface area contributed by atoms with Gasteiger partial charge in [-0.15, -0.1) is 0 Å². The van der Waals surface area contributed by atoms with Gasteiger partial charge in [0.15, 0.2) is 0 Å². The zero-order valence-corrected chi connectivity index (χ0v) is 17.8. The van der Waals surface area contributed by atoms with Crippen molar-refractivity contribution in [2.45, 2.75) is 18.7 Å². The Morgan fingerprint density at radius 1 is 0.967 bits per heavy atom. The van der Waals surface area contributed by atoms with Crippen LogP contribution in [0.25, 0.3) is 0 Å². The number of nitrogens with one attached hydrogen (secondary N) is 2. The molecule has 0 aliphatic heterocycles. The third-order valence-corrected chi connectivity index (χ3v) is 5.31. The maximum Gasteiger partial charge on any atom is 0.338 e. The fourth-order valence-electron chi connectivity index (χ4n) is 2.60. The number of carbonyl (C=O) groups is 3. The summed E-state index contributed by atoms with van der Waals surface area (Å²) in [4.78, 5) is 35.9. The van der Waals surface area contributed by atoms with E-state index in [0.717, 1.165) is 0 Å². The zero-order chi connectivity index (χ0) is 22.5. The number of carbonyl (C=O) groups excluding carboxylic acids is 3. The van der Waals surface area contributed by atoms with Crippen molar-refractivity contribution in [1.82, 2.24) is 9.88 Å². The predicted molar refractivity (Wildman–Crippen MR) is 108 cm³/mol. The highest BCUT2D eigenvalue weighted by Gasteiger charge is 2.22. The Hall–Kier alpha value is -3.34. The molecular formula is C19H23N3O7S. The Labute approximate surface area is 174 Å². The number of ether oxygens (including phenoxy) is 2. The second-order valence-corrected chi connectivity index (χ2v) is 7.78. The Balaban J connectivity index is 2.45. The van der Waals surface area contributed by atoms with Gasteiger partial charge in [-0.3, -0.25) is 9.52 Å². The van der Waals surface area contributed by atoms with Crippen molar-refractivity contribution in [2.75, 3.05) is 25.0 Å². The van der Waals surface area contributed by atoms with Crippen LogP contribution in [0.15, 0.2) is 35.4 Å². The van der Waals surface area contributed by atoms with Gasteiger partial charge in [0.2, 0.25) is 0 Å². The molecule has 1 heterocycles. The van der Waals surface area contributed by atoms with Gasteiger partial charge >= 0.3 is 11.9 Å². The minimum atomic E-state index is -4.12. The Morgan fingerprint density at radius 2 is 1.50 bits per heavy atom. The maximum absolute atomic E-state index is 12.8. The van der Waals surface area contributed by atoms with E-state index >= 15 is 0 Å². The molecule has 1 aromatic heterocycles. The van der Waals surface area contributed by atoms with Crippen molar-refractivity contribution in [2.24, 2.45) is 7.05 Å². The molecule has 0 saturated carbocycles. The van der Waals surface area contributed by atoms with Crippen LogP contribution in [-0.4, -0.2) is 51.1 Å². The van der Waals surface area contributed by atoms with E-state index in [2.05, 4.69) is 10.0 Å². The van der Waals surface area contributed by atoms with E-state index in [1.807, 2.05) is 0 Å². The van der Waals surface area contributed by atoms with Crippen LogP contribution in [0.1, 0.15) is 45.1 Å². The molecule has 0 radical (unpaired) electrons. The summed E-state index contributed by atoms with van der Waals surface area (Å²) in [6, 6.07) is 4.98. The molecule has 2 rings (SSSR count). The second kappa shape index (κ2) is 9.44. The molecule has 0 aliphatic rings. The Morgan fingerprint density at radius 3 is 1.97 bits per heavy atom. The van der Waals surface area contributed by atoms with E-state index in [0.29, 0.717) is 0 Å². The molecule has 0 unspecified atom stereocenters. The molecule has 11 heteroatoms. The first-order valence-corrected chi connectivity index (χ1v) is 10.5. The summed E-state index contributed by atoms with van der Waals surface area (Å²) in [6.07, 6.45) is 1.27. The number of nitrogens with zero attached hydrogens (tertiary/aromatic N) is 1. The van der Waals surface area contributed by atoms with Crippen LogP contribution in [0.2, 0.25) is 0 Å². The monoisotopic (exact) mass is 437 g/mol. The highest BCUT2D eigenvalue weighted by molar-refractivity contribution is 7.92.